The highest BCUT2D eigenvalue weighted by Crippen LogP contribution is 2.25. The van der Waals surface area contributed by atoms with Gasteiger partial charge in [-0.2, -0.15) is 0 Å². The molecule has 27 heavy (non-hydrogen) atoms. The summed E-state index contributed by atoms with van der Waals surface area (Å²) in [7, 11) is 0. The van der Waals surface area contributed by atoms with E-state index in [0.29, 0.717) is 19.0 Å². The topological polar surface area (TPSA) is 93.1 Å². The van der Waals surface area contributed by atoms with Gasteiger partial charge in [-0.05, 0) is 30.9 Å². The lowest BCUT2D eigenvalue weighted by atomic mass is 10.2. The number of fused-ring (bicyclic) bond motifs is 1. The molecule has 1 fully saturated rings. The largest absolute Gasteiger partial charge is 0.380 e. The molecule has 0 unspecified atom stereocenters. The average Bonchev–Trinajstić information content (AvgIpc) is 2.93. The highest BCUT2D eigenvalue weighted by atomic mass is 32.1. The maximum Gasteiger partial charge on any atom is 0.239 e. The summed E-state index contributed by atoms with van der Waals surface area (Å²) in [6.07, 6.45) is 4.42. The number of anilines is 1. The number of nitrogens with one attached hydrogen (secondary N) is 1. The Balaban J connectivity index is 1.49. The summed E-state index contributed by atoms with van der Waals surface area (Å²) in [5.41, 5.74) is 0.765. The van der Waals surface area contributed by atoms with Gasteiger partial charge in [0.25, 0.3) is 0 Å². The predicted molar refractivity (Wildman–Crippen MR) is 104 cm³/mol. The van der Waals surface area contributed by atoms with Gasteiger partial charge in [-0.3, -0.25) is 14.7 Å². The van der Waals surface area contributed by atoms with Crippen molar-refractivity contribution >= 4 is 33.8 Å². The predicted octanol–water partition coefficient (Wildman–Crippen LogP) is 2.12. The van der Waals surface area contributed by atoms with Gasteiger partial charge in [-0.25, -0.2) is 4.98 Å². The van der Waals surface area contributed by atoms with E-state index in [9.17, 15) is 4.79 Å². The minimum Gasteiger partial charge on any atom is -0.380 e. The van der Waals surface area contributed by atoms with E-state index in [0.717, 1.165) is 52.6 Å². The molecule has 4 heterocycles. The molecule has 1 N–H and O–H groups in total. The Morgan fingerprint density at radius 1 is 1.19 bits per heavy atom. The molecule has 0 saturated carbocycles. The van der Waals surface area contributed by atoms with Crippen LogP contribution in [0.1, 0.15) is 11.4 Å². The van der Waals surface area contributed by atoms with Gasteiger partial charge in [-0.15, -0.1) is 10.2 Å². The minimum atomic E-state index is -0.0715. The third-order valence-corrected chi connectivity index (χ3v) is 5.16. The number of amides is 1. The number of nitrogens with zero attached hydrogens (tertiary/aromatic N) is 5. The van der Waals surface area contributed by atoms with Gasteiger partial charge in [0.2, 0.25) is 5.91 Å². The molecule has 0 bridgehead atoms. The number of carbonyl (C=O) groups is 1. The van der Waals surface area contributed by atoms with Crippen LogP contribution < -0.4 is 5.32 Å². The molecule has 1 saturated heterocycles. The first-order valence-corrected chi connectivity index (χ1v) is 9.65. The van der Waals surface area contributed by atoms with Gasteiger partial charge in [0.05, 0.1) is 13.2 Å². The number of rotatable bonds is 4. The molecule has 1 aliphatic rings. The Bertz CT molecular complexity index is 952. The van der Waals surface area contributed by atoms with Crippen LogP contribution in [0.3, 0.4) is 0 Å². The Kier molecular flexibility index (Phi) is 5.33. The Morgan fingerprint density at radius 3 is 2.93 bits per heavy atom. The maximum atomic E-state index is 12.4. The summed E-state index contributed by atoms with van der Waals surface area (Å²) in [6.45, 7) is 5.33. The SMILES string of the molecule is Cc1nnc(-c2cc3cc(NC(=O)CN4CCCOCC4)ncc3cn2)s1. The summed E-state index contributed by atoms with van der Waals surface area (Å²) >= 11 is 1.50. The Hall–Kier alpha value is -2.49. The molecule has 0 aliphatic carbocycles. The number of hydrogen-bond donors (Lipinski definition) is 1. The molecule has 1 amide bonds. The summed E-state index contributed by atoms with van der Waals surface area (Å²) in [6, 6.07) is 3.80. The lowest BCUT2D eigenvalue weighted by Gasteiger charge is -2.18. The van der Waals surface area contributed by atoms with Crippen molar-refractivity contribution in [2.75, 3.05) is 38.2 Å². The van der Waals surface area contributed by atoms with Gasteiger partial charge in [0.15, 0.2) is 5.01 Å². The number of aromatic nitrogens is 4. The third-order valence-electron chi connectivity index (χ3n) is 4.30. The van der Waals surface area contributed by atoms with Crippen LogP contribution in [0.15, 0.2) is 24.5 Å². The molecule has 3 aromatic heterocycles. The van der Waals surface area contributed by atoms with Crippen molar-refractivity contribution in [2.45, 2.75) is 13.3 Å². The zero-order valence-electron chi connectivity index (χ0n) is 15.0. The zero-order chi connectivity index (χ0) is 18.6. The van der Waals surface area contributed by atoms with E-state index in [4.69, 9.17) is 4.74 Å². The fourth-order valence-electron chi connectivity index (χ4n) is 2.96. The fraction of sp³-hybridized carbons (Fsp3) is 0.389. The first-order valence-electron chi connectivity index (χ1n) is 8.83. The minimum absolute atomic E-state index is 0.0715. The Morgan fingerprint density at radius 2 is 2.07 bits per heavy atom. The highest BCUT2D eigenvalue weighted by Gasteiger charge is 2.14. The molecular formula is C18H20N6O2S. The van der Waals surface area contributed by atoms with Crippen molar-refractivity contribution in [1.82, 2.24) is 25.1 Å². The lowest BCUT2D eigenvalue weighted by molar-refractivity contribution is -0.117. The second kappa shape index (κ2) is 8.03. The summed E-state index contributed by atoms with van der Waals surface area (Å²) in [5.74, 6) is 0.460. The van der Waals surface area contributed by atoms with Crippen molar-refractivity contribution in [3.8, 4) is 10.7 Å². The van der Waals surface area contributed by atoms with Crippen molar-refractivity contribution in [2.24, 2.45) is 0 Å². The van der Waals surface area contributed by atoms with Crippen molar-refractivity contribution in [3.63, 3.8) is 0 Å². The molecule has 0 radical (unpaired) electrons. The highest BCUT2D eigenvalue weighted by molar-refractivity contribution is 7.14. The smallest absolute Gasteiger partial charge is 0.239 e. The van der Waals surface area contributed by atoms with Crippen LogP contribution in [-0.4, -0.2) is 63.8 Å². The normalized spacial score (nSPS) is 15.6. The van der Waals surface area contributed by atoms with Gasteiger partial charge in [-0.1, -0.05) is 11.3 Å². The Labute approximate surface area is 160 Å². The number of aryl methyl sites for hydroxylation is 1. The molecular weight excluding hydrogens is 364 g/mol. The molecule has 3 aromatic rings. The van der Waals surface area contributed by atoms with Gasteiger partial charge in [0.1, 0.15) is 16.5 Å². The number of pyridine rings is 2. The van der Waals surface area contributed by atoms with Crippen LogP contribution in [0.25, 0.3) is 21.5 Å². The van der Waals surface area contributed by atoms with Crippen LogP contribution in [0.4, 0.5) is 5.82 Å². The van der Waals surface area contributed by atoms with Crippen LogP contribution in [-0.2, 0) is 9.53 Å². The van der Waals surface area contributed by atoms with E-state index in [-0.39, 0.29) is 5.91 Å². The average molecular weight is 384 g/mol. The number of hydrogen-bond acceptors (Lipinski definition) is 8. The lowest BCUT2D eigenvalue weighted by Crippen LogP contribution is -2.35. The summed E-state index contributed by atoms with van der Waals surface area (Å²) in [5, 5.41) is 14.6. The van der Waals surface area contributed by atoms with Crippen molar-refractivity contribution in [1.29, 1.82) is 0 Å². The molecule has 140 valence electrons. The van der Waals surface area contributed by atoms with Crippen LogP contribution >= 0.6 is 11.3 Å². The zero-order valence-corrected chi connectivity index (χ0v) is 15.8. The second-order valence-electron chi connectivity index (χ2n) is 6.40. The standard InChI is InChI=1S/C18H20N6O2S/c1-12-22-23-18(27-12)15-7-13-8-16(20-10-14(13)9-19-15)21-17(25)11-24-3-2-5-26-6-4-24/h7-10H,2-6,11H2,1H3,(H,20,21,25). The van der Waals surface area contributed by atoms with E-state index in [1.165, 1.54) is 11.3 Å². The number of ether oxygens (including phenoxy) is 1. The first-order chi connectivity index (χ1) is 13.2. The molecule has 0 aromatic carbocycles. The van der Waals surface area contributed by atoms with E-state index < -0.39 is 0 Å². The van der Waals surface area contributed by atoms with Crippen molar-refractivity contribution in [3.05, 3.63) is 29.5 Å². The molecule has 9 heteroatoms. The quantitative estimate of drug-likeness (QED) is 0.736. The van der Waals surface area contributed by atoms with Crippen molar-refractivity contribution < 1.29 is 9.53 Å². The summed E-state index contributed by atoms with van der Waals surface area (Å²) in [4.78, 5) is 23.2. The first kappa shape index (κ1) is 17.9. The van der Waals surface area contributed by atoms with Gasteiger partial charge in [0, 0.05) is 37.5 Å². The van der Waals surface area contributed by atoms with Crippen LogP contribution in [0.5, 0.6) is 0 Å². The molecule has 8 nitrogen and oxygen atoms in total. The van der Waals surface area contributed by atoms with E-state index in [1.54, 1.807) is 12.4 Å². The number of carbonyl (C=O) groups excluding carboxylic acids is 1. The molecule has 1 aliphatic heterocycles. The monoisotopic (exact) mass is 384 g/mol. The van der Waals surface area contributed by atoms with E-state index >= 15 is 0 Å². The van der Waals surface area contributed by atoms with E-state index in [1.807, 2.05) is 19.1 Å². The molecule has 4 rings (SSSR count). The molecule has 0 spiro atoms. The second-order valence-corrected chi connectivity index (χ2v) is 7.58. The van der Waals surface area contributed by atoms with Crippen LogP contribution in [0, 0.1) is 6.92 Å². The van der Waals surface area contributed by atoms with Gasteiger partial charge >= 0.3 is 0 Å². The van der Waals surface area contributed by atoms with Crippen LogP contribution in [0.2, 0.25) is 0 Å². The maximum absolute atomic E-state index is 12.4. The fourth-order valence-corrected chi connectivity index (χ4v) is 3.62. The van der Waals surface area contributed by atoms with Gasteiger partial charge < -0.3 is 10.1 Å². The summed E-state index contributed by atoms with van der Waals surface area (Å²) < 4.78 is 5.42. The van der Waals surface area contributed by atoms with E-state index in [2.05, 4.69) is 30.4 Å². The molecule has 0 atom stereocenters. The third kappa shape index (κ3) is 4.44.